The van der Waals surface area contributed by atoms with Crippen LogP contribution in [0.3, 0.4) is 0 Å². The maximum atomic E-state index is 12.6. The van der Waals surface area contributed by atoms with Crippen molar-refractivity contribution in [3.8, 4) is 5.19 Å². The molecule has 0 radical (unpaired) electrons. The molecule has 4 rings (SSSR count). The molecule has 1 aromatic carbocycles. The first-order valence-electron chi connectivity index (χ1n) is 12.8. The Bertz CT molecular complexity index is 1240. The van der Waals surface area contributed by atoms with E-state index in [-0.39, 0.29) is 30.5 Å². The lowest BCUT2D eigenvalue weighted by molar-refractivity contribution is 0.0517. The SMILES string of the molecule is CC(C)OC(=O)N1CCC(Oc2nc3ccc(C4=CCN(S(=O)(=O)CCC(C)(C)O)CC4)cc3s2)CC1. The molecule has 2 aliphatic heterocycles. The summed E-state index contributed by atoms with van der Waals surface area (Å²) >= 11 is 1.50. The Morgan fingerprint density at radius 3 is 2.59 bits per heavy atom. The van der Waals surface area contributed by atoms with Crippen molar-refractivity contribution in [3.05, 3.63) is 29.8 Å². The van der Waals surface area contributed by atoms with Crippen molar-refractivity contribution in [1.29, 1.82) is 0 Å². The summed E-state index contributed by atoms with van der Waals surface area (Å²) in [6, 6.07) is 6.09. The van der Waals surface area contributed by atoms with Gasteiger partial charge in [0.1, 0.15) is 6.10 Å². The lowest BCUT2D eigenvalue weighted by Crippen LogP contribution is -2.42. The number of nitrogens with zero attached hydrogens (tertiary/aromatic N) is 3. The highest BCUT2D eigenvalue weighted by Gasteiger charge is 2.28. The lowest BCUT2D eigenvalue weighted by atomic mass is 10.0. The number of fused-ring (bicyclic) bond motifs is 1. The average Bonchev–Trinajstić information content (AvgIpc) is 3.24. The average molecular weight is 552 g/mol. The van der Waals surface area contributed by atoms with Gasteiger partial charge in [-0.2, -0.15) is 4.31 Å². The van der Waals surface area contributed by atoms with E-state index in [4.69, 9.17) is 9.47 Å². The minimum absolute atomic E-state index is 0.00789. The van der Waals surface area contributed by atoms with Crippen molar-refractivity contribution in [1.82, 2.24) is 14.2 Å². The van der Waals surface area contributed by atoms with E-state index >= 15 is 0 Å². The molecule has 204 valence electrons. The van der Waals surface area contributed by atoms with E-state index in [2.05, 4.69) is 11.1 Å². The number of benzene rings is 1. The molecule has 0 bridgehead atoms. The highest BCUT2D eigenvalue weighted by atomic mass is 32.2. The number of thiazole rings is 1. The zero-order chi connectivity index (χ0) is 26.8. The number of amides is 1. The second-order valence-electron chi connectivity index (χ2n) is 10.6. The van der Waals surface area contributed by atoms with E-state index in [1.54, 1.807) is 18.7 Å². The molecule has 3 heterocycles. The third-order valence-electron chi connectivity index (χ3n) is 6.58. The van der Waals surface area contributed by atoms with Crippen LogP contribution >= 0.6 is 11.3 Å². The van der Waals surface area contributed by atoms with Crippen LogP contribution in [0, 0.1) is 0 Å². The highest BCUT2D eigenvalue weighted by molar-refractivity contribution is 7.89. The Hall–Kier alpha value is -2.21. The van der Waals surface area contributed by atoms with Gasteiger partial charge < -0.3 is 19.5 Å². The van der Waals surface area contributed by atoms with Crippen molar-refractivity contribution < 1.29 is 27.8 Å². The van der Waals surface area contributed by atoms with E-state index in [0.717, 1.165) is 34.2 Å². The molecular weight excluding hydrogens is 514 g/mol. The monoisotopic (exact) mass is 551 g/mol. The fourth-order valence-electron chi connectivity index (χ4n) is 4.40. The number of ether oxygens (including phenoxy) is 2. The number of rotatable bonds is 8. The largest absolute Gasteiger partial charge is 0.467 e. The Morgan fingerprint density at radius 2 is 1.97 bits per heavy atom. The van der Waals surface area contributed by atoms with Crippen LogP contribution in [-0.4, -0.2) is 83.5 Å². The minimum atomic E-state index is -3.41. The number of piperidine rings is 1. The number of sulfonamides is 1. The van der Waals surface area contributed by atoms with Crippen molar-refractivity contribution in [2.45, 2.75) is 71.2 Å². The van der Waals surface area contributed by atoms with E-state index in [1.807, 2.05) is 32.1 Å². The standard InChI is InChI=1S/C26H37N3O6S2/c1-18(2)34-25(30)28-12-9-21(10-13-28)35-24-27-22-6-5-20(17-23(22)36-24)19-7-14-29(15-8-19)37(32,33)16-11-26(3,4)31/h5-7,17-18,21,31H,8-16H2,1-4H3. The van der Waals surface area contributed by atoms with Gasteiger partial charge in [0.2, 0.25) is 10.0 Å². The predicted molar refractivity (Wildman–Crippen MR) is 145 cm³/mol. The van der Waals surface area contributed by atoms with E-state index in [9.17, 15) is 18.3 Å². The summed E-state index contributed by atoms with van der Waals surface area (Å²) in [5, 5.41) is 10.5. The molecule has 1 N–H and O–H groups in total. The maximum Gasteiger partial charge on any atom is 0.410 e. The summed E-state index contributed by atoms with van der Waals surface area (Å²) in [5.41, 5.74) is 2.05. The molecule has 1 aromatic heterocycles. The second kappa shape index (κ2) is 11.3. The van der Waals surface area contributed by atoms with Gasteiger partial charge in [-0.25, -0.2) is 18.2 Å². The van der Waals surface area contributed by atoms with Gasteiger partial charge in [-0.1, -0.05) is 23.5 Å². The third kappa shape index (κ3) is 7.43. The molecule has 1 fully saturated rings. The fraction of sp³-hybridized carbons (Fsp3) is 0.615. The Kier molecular flexibility index (Phi) is 8.47. The number of aliphatic hydroxyl groups is 1. The van der Waals surface area contributed by atoms with Crippen LogP contribution in [0.4, 0.5) is 4.79 Å². The molecule has 0 spiro atoms. The summed E-state index contributed by atoms with van der Waals surface area (Å²) in [6.07, 6.45) is 3.89. The summed E-state index contributed by atoms with van der Waals surface area (Å²) in [4.78, 5) is 18.5. The summed E-state index contributed by atoms with van der Waals surface area (Å²) in [6.45, 7) is 8.90. The number of likely N-dealkylation sites (tertiary alicyclic amines) is 1. The van der Waals surface area contributed by atoms with Gasteiger partial charge in [-0.3, -0.25) is 0 Å². The Labute approximate surface area is 223 Å². The maximum absolute atomic E-state index is 12.6. The topological polar surface area (TPSA) is 109 Å². The quantitative estimate of drug-likeness (QED) is 0.522. The van der Waals surface area contributed by atoms with Gasteiger partial charge in [0.25, 0.3) is 5.19 Å². The zero-order valence-corrected chi connectivity index (χ0v) is 23.6. The highest BCUT2D eigenvalue weighted by Crippen LogP contribution is 2.33. The second-order valence-corrected chi connectivity index (χ2v) is 13.7. The molecule has 1 saturated heterocycles. The van der Waals surface area contributed by atoms with E-state index in [1.165, 1.54) is 15.6 Å². The van der Waals surface area contributed by atoms with Crippen LogP contribution in [0.15, 0.2) is 24.3 Å². The van der Waals surface area contributed by atoms with Crippen LogP contribution in [0.1, 0.15) is 58.9 Å². The first kappa shape index (κ1) is 27.8. The van der Waals surface area contributed by atoms with Crippen LogP contribution in [0.5, 0.6) is 5.19 Å². The van der Waals surface area contributed by atoms with Crippen molar-refractivity contribution >= 4 is 43.2 Å². The molecule has 0 saturated carbocycles. The zero-order valence-electron chi connectivity index (χ0n) is 22.0. The number of aromatic nitrogens is 1. The fourth-order valence-corrected chi connectivity index (χ4v) is 7.01. The van der Waals surface area contributed by atoms with E-state index < -0.39 is 15.6 Å². The summed E-state index contributed by atoms with van der Waals surface area (Å²) in [7, 11) is -3.41. The Balaban J connectivity index is 1.35. The van der Waals surface area contributed by atoms with Crippen molar-refractivity contribution in [3.63, 3.8) is 0 Å². The summed E-state index contributed by atoms with van der Waals surface area (Å²) < 4.78 is 39.2. The molecule has 1 amide bonds. The molecule has 11 heteroatoms. The number of carbonyl (C=O) groups is 1. The third-order valence-corrected chi connectivity index (χ3v) is 9.33. The number of carbonyl (C=O) groups excluding carboxylic acids is 1. The van der Waals surface area contributed by atoms with E-state index in [0.29, 0.717) is 37.8 Å². The van der Waals surface area contributed by atoms with Crippen molar-refractivity contribution in [2.75, 3.05) is 31.9 Å². The molecule has 0 unspecified atom stereocenters. The Morgan fingerprint density at radius 1 is 1.24 bits per heavy atom. The molecular formula is C26H37N3O6S2. The molecule has 0 atom stereocenters. The molecule has 2 aromatic rings. The van der Waals surface area contributed by atoms with Crippen LogP contribution < -0.4 is 4.74 Å². The van der Waals surface area contributed by atoms with Crippen LogP contribution in [0.2, 0.25) is 0 Å². The van der Waals surface area contributed by atoms with Gasteiger partial charge in [-0.05, 0) is 63.8 Å². The van der Waals surface area contributed by atoms with Crippen LogP contribution in [0.25, 0.3) is 15.8 Å². The first-order valence-corrected chi connectivity index (χ1v) is 15.2. The van der Waals surface area contributed by atoms with Gasteiger partial charge in [-0.15, -0.1) is 0 Å². The lowest BCUT2D eigenvalue weighted by Gasteiger charge is -2.31. The molecule has 9 nitrogen and oxygen atoms in total. The normalized spacial score (nSPS) is 18.3. The smallest absolute Gasteiger partial charge is 0.410 e. The number of hydrogen-bond donors (Lipinski definition) is 1. The number of hydrogen-bond acceptors (Lipinski definition) is 8. The van der Waals surface area contributed by atoms with Gasteiger partial charge >= 0.3 is 6.09 Å². The van der Waals surface area contributed by atoms with Gasteiger partial charge in [0.15, 0.2) is 0 Å². The van der Waals surface area contributed by atoms with Crippen LogP contribution in [-0.2, 0) is 14.8 Å². The minimum Gasteiger partial charge on any atom is -0.467 e. The molecule has 0 aliphatic carbocycles. The predicted octanol–water partition coefficient (Wildman–Crippen LogP) is 4.26. The van der Waals surface area contributed by atoms with Gasteiger partial charge in [0, 0.05) is 39.0 Å². The van der Waals surface area contributed by atoms with Gasteiger partial charge in [0.05, 0.1) is 27.7 Å². The molecule has 2 aliphatic rings. The van der Waals surface area contributed by atoms with Crippen molar-refractivity contribution in [2.24, 2.45) is 0 Å². The first-order chi connectivity index (χ1) is 17.4. The summed E-state index contributed by atoms with van der Waals surface area (Å²) in [5.74, 6) is -0.0592. The molecule has 37 heavy (non-hydrogen) atoms.